The molecule has 0 aromatic heterocycles. The number of rotatable bonds is 4. The van der Waals surface area contributed by atoms with Gasteiger partial charge in [0.1, 0.15) is 11.7 Å². The highest BCUT2D eigenvalue weighted by Crippen LogP contribution is 2.23. The lowest BCUT2D eigenvalue weighted by molar-refractivity contribution is 0.0691. The number of nitrogens with zero attached hydrogens (tertiary/aromatic N) is 1. The fourth-order valence-corrected chi connectivity index (χ4v) is 2.78. The minimum absolute atomic E-state index is 0.132. The average molecular weight is 376 g/mol. The van der Waals surface area contributed by atoms with E-state index in [1.165, 1.54) is 6.07 Å². The zero-order chi connectivity index (χ0) is 20.3. The van der Waals surface area contributed by atoms with Gasteiger partial charge in [-0.15, -0.1) is 0 Å². The number of aromatic carboxylic acids is 1. The molecule has 0 spiro atoms. The maximum atomic E-state index is 13.8. The van der Waals surface area contributed by atoms with Gasteiger partial charge in [0.05, 0.1) is 5.56 Å². The van der Waals surface area contributed by atoms with Crippen molar-refractivity contribution in [2.24, 2.45) is 10.7 Å². The van der Waals surface area contributed by atoms with Gasteiger partial charge in [-0.2, -0.15) is 4.99 Å². The average Bonchev–Trinajstić information content (AvgIpc) is 2.68. The molecular formula is C22H17FN2O3. The molecule has 5 nitrogen and oxygen atoms in total. The number of carboxylic acids is 1. The molecule has 3 aromatic rings. The van der Waals surface area contributed by atoms with E-state index in [9.17, 15) is 14.0 Å². The Kier molecular flexibility index (Phi) is 5.31. The van der Waals surface area contributed by atoms with Gasteiger partial charge in [0.25, 0.3) is 5.91 Å². The molecule has 0 aliphatic carbocycles. The van der Waals surface area contributed by atoms with Crippen LogP contribution in [0.3, 0.4) is 0 Å². The van der Waals surface area contributed by atoms with Gasteiger partial charge in [0.15, 0.2) is 0 Å². The van der Waals surface area contributed by atoms with Crippen LogP contribution in [0.15, 0.2) is 71.7 Å². The maximum absolute atomic E-state index is 13.8. The van der Waals surface area contributed by atoms with E-state index in [0.717, 1.165) is 28.8 Å². The van der Waals surface area contributed by atoms with E-state index in [2.05, 4.69) is 4.99 Å². The Morgan fingerprint density at radius 3 is 2.21 bits per heavy atom. The Morgan fingerprint density at radius 2 is 1.61 bits per heavy atom. The second-order valence-corrected chi connectivity index (χ2v) is 6.19. The standard InChI is InChI=1S/C22H17FN2O3/c1-13-4-2-3-5-17(13)14-6-8-15(9-7-14)21(26)25-20(24)16-10-11-18(22(27)28)19(23)12-16/h2-12H,1H3,(H,27,28)(H2,24,25,26). The summed E-state index contributed by atoms with van der Waals surface area (Å²) >= 11 is 0. The number of nitrogens with two attached hydrogens (primary N) is 1. The molecule has 140 valence electrons. The van der Waals surface area contributed by atoms with E-state index in [-0.39, 0.29) is 11.4 Å². The van der Waals surface area contributed by atoms with Crippen LogP contribution in [0, 0.1) is 12.7 Å². The summed E-state index contributed by atoms with van der Waals surface area (Å²) in [5.74, 6) is -3.09. The summed E-state index contributed by atoms with van der Waals surface area (Å²) in [6, 6.07) is 18.2. The Balaban J connectivity index is 1.83. The highest BCUT2D eigenvalue weighted by Gasteiger charge is 2.13. The van der Waals surface area contributed by atoms with Crippen molar-refractivity contribution in [1.29, 1.82) is 0 Å². The molecule has 3 aromatic carbocycles. The van der Waals surface area contributed by atoms with Crippen molar-refractivity contribution in [3.8, 4) is 11.1 Å². The first-order valence-electron chi connectivity index (χ1n) is 8.44. The highest BCUT2D eigenvalue weighted by atomic mass is 19.1. The SMILES string of the molecule is Cc1ccccc1-c1ccc(C(=O)N=C(N)c2ccc(C(=O)O)c(F)c2)cc1. The summed E-state index contributed by atoms with van der Waals surface area (Å²) in [6.45, 7) is 2.01. The molecule has 0 aliphatic rings. The molecule has 0 saturated heterocycles. The van der Waals surface area contributed by atoms with Gasteiger partial charge in [0.2, 0.25) is 0 Å². The first kappa shape index (κ1) is 19.0. The van der Waals surface area contributed by atoms with Gasteiger partial charge < -0.3 is 10.8 Å². The Hall–Kier alpha value is -3.80. The number of aryl methyl sites for hydroxylation is 1. The predicted molar refractivity (Wildman–Crippen MR) is 105 cm³/mol. The van der Waals surface area contributed by atoms with E-state index < -0.39 is 23.3 Å². The number of benzene rings is 3. The Bertz CT molecular complexity index is 1090. The molecule has 6 heteroatoms. The predicted octanol–water partition coefficient (Wildman–Crippen LogP) is 4.05. The lowest BCUT2D eigenvalue weighted by atomic mass is 9.99. The van der Waals surface area contributed by atoms with E-state index >= 15 is 0 Å². The van der Waals surface area contributed by atoms with Crippen LogP contribution in [0.2, 0.25) is 0 Å². The fraction of sp³-hybridized carbons (Fsp3) is 0.0455. The molecular weight excluding hydrogens is 359 g/mol. The number of carbonyl (C=O) groups is 2. The lowest BCUT2D eigenvalue weighted by Crippen LogP contribution is -2.17. The topological polar surface area (TPSA) is 92.8 Å². The van der Waals surface area contributed by atoms with Gasteiger partial charge in [-0.05, 0) is 47.9 Å². The number of hydrogen-bond donors (Lipinski definition) is 2. The summed E-state index contributed by atoms with van der Waals surface area (Å²) in [7, 11) is 0. The third-order valence-corrected chi connectivity index (χ3v) is 4.31. The minimum atomic E-state index is -1.38. The van der Waals surface area contributed by atoms with Crippen LogP contribution >= 0.6 is 0 Å². The monoisotopic (exact) mass is 376 g/mol. The number of carboxylic acid groups (broad SMARTS) is 1. The van der Waals surface area contributed by atoms with Gasteiger partial charge in [0, 0.05) is 11.1 Å². The van der Waals surface area contributed by atoms with Crippen molar-refractivity contribution in [2.75, 3.05) is 0 Å². The molecule has 0 bridgehead atoms. The van der Waals surface area contributed by atoms with E-state index in [0.29, 0.717) is 5.56 Å². The number of carbonyl (C=O) groups excluding carboxylic acids is 1. The molecule has 0 saturated carbocycles. The smallest absolute Gasteiger partial charge is 0.338 e. The van der Waals surface area contributed by atoms with Crippen LogP contribution in [-0.4, -0.2) is 22.8 Å². The van der Waals surface area contributed by atoms with E-state index in [4.69, 9.17) is 10.8 Å². The number of amides is 1. The first-order chi connectivity index (χ1) is 13.4. The Morgan fingerprint density at radius 1 is 0.964 bits per heavy atom. The summed E-state index contributed by atoms with van der Waals surface area (Å²) in [5, 5.41) is 8.86. The molecule has 0 fully saturated rings. The zero-order valence-corrected chi connectivity index (χ0v) is 15.0. The normalized spacial score (nSPS) is 11.3. The lowest BCUT2D eigenvalue weighted by Gasteiger charge is -2.06. The molecule has 3 N–H and O–H groups in total. The summed E-state index contributed by atoms with van der Waals surface area (Å²) in [6.07, 6.45) is 0. The van der Waals surface area contributed by atoms with Gasteiger partial charge >= 0.3 is 5.97 Å². The molecule has 28 heavy (non-hydrogen) atoms. The van der Waals surface area contributed by atoms with Crippen LogP contribution in [0.4, 0.5) is 4.39 Å². The van der Waals surface area contributed by atoms with Crippen LogP contribution < -0.4 is 5.73 Å². The molecule has 0 aliphatic heterocycles. The zero-order valence-electron chi connectivity index (χ0n) is 15.0. The van der Waals surface area contributed by atoms with E-state index in [1.807, 2.05) is 43.3 Å². The number of amidine groups is 1. The summed E-state index contributed by atoms with van der Waals surface area (Å²) in [5.41, 5.74) is 8.93. The number of hydrogen-bond acceptors (Lipinski definition) is 2. The molecule has 3 rings (SSSR count). The molecule has 0 radical (unpaired) electrons. The van der Waals surface area contributed by atoms with Gasteiger partial charge in [-0.3, -0.25) is 4.79 Å². The highest BCUT2D eigenvalue weighted by molar-refractivity contribution is 6.09. The van der Waals surface area contributed by atoms with Crippen LogP contribution in [0.5, 0.6) is 0 Å². The quantitative estimate of drug-likeness (QED) is 0.531. The number of halogens is 1. The van der Waals surface area contributed by atoms with Crippen molar-refractivity contribution >= 4 is 17.7 Å². The minimum Gasteiger partial charge on any atom is -0.478 e. The van der Waals surface area contributed by atoms with Gasteiger partial charge in [-0.25, -0.2) is 9.18 Å². The third-order valence-electron chi connectivity index (χ3n) is 4.31. The first-order valence-corrected chi connectivity index (χ1v) is 8.44. The molecule has 1 amide bonds. The Labute approximate surface area is 161 Å². The summed E-state index contributed by atoms with van der Waals surface area (Å²) in [4.78, 5) is 27.0. The van der Waals surface area contributed by atoms with Crippen molar-refractivity contribution in [2.45, 2.75) is 6.92 Å². The van der Waals surface area contributed by atoms with Crippen molar-refractivity contribution in [1.82, 2.24) is 0 Å². The second-order valence-electron chi connectivity index (χ2n) is 6.19. The molecule has 0 atom stereocenters. The molecule has 0 unspecified atom stereocenters. The van der Waals surface area contributed by atoms with Crippen LogP contribution in [0.1, 0.15) is 31.8 Å². The fourth-order valence-electron chi connectivity index (χ4n) is 2.78. The van der Waals surface area contributed by atoms with E-state index in [1.54, 1.807) is 12.1 Å². The third kappa shape index (κ3) is 3.96. The number of aliphatic imine (C=N–C) groups is 1. The largest absolute Gasteiger partial charge is 0.478 e. The van der Waals surface area contributed by atoms with Crippen molar-refractivity contribution < 1.29 is 19.1 Å². The van der Waals surface area contributed by atoms with Crippen LogP contribution in [0.25, 0.3) is 11.1 Å². The van der Waals surface area contributed by atoms with Gasteiger partial charge in [-0.1, -0.05) is 42.5 Å². The molecule has 0 heterocycles. The van der Waals surface area contributed by atoms with Crippen LogP contribution in [-0.2, 0) is 0 Å². The van der Waals surface area contributed by atoms with Crippen molar-refractivity contribution in [3.63, 3.8) is 0 Å². The second kappa shape index (κ2) is 7.84. The van der Waals surface area contributed by atoms with Crippen molar-refractivity contribution in [3.05, 3.63) is 94.8 Å². The summed E-state index contributed by atoms with van der Waals surface area (Å²) < 4.78 is 13.8. The maximum Gasteiger partial charge on any atom is 0.338 e.